The average Bonchev–Trinajstić information content (AvgIpc) is 2.61. The summed E-state index contributed by atoms with van der Waals surface area (Å²) in [6, 6.07) is 6.72. The lowest BCUT2D eigenvalue weighted by Gasteiger charge is -2.59. The number of fused-ring (bicyclic) bond motifs is 1. The van der Waals surface area contributed by atoms with E-state index in [9.17, 15) is 5.11 Å². The number of benzene rings is 1. The zero-order valence-corrected chi connectivity index (χ0v) is 14.6. The molecule has 4 rings (SSSR count). The van der Waals surface area contributed by atoms with Crippen molar-refractivity contribution in [3.8, 4) is 18.1 Å². The molecule has 126 valence electrons. The zero-order valence-electron chi connectivity index (χ0n) is 14.6. The minimum absolute atomic E-state index is 0.302. The summed E-state index contributed by atoms with van der Waals surface area (Å²) < 4.78 is 0. The minimum atomic E-state index is 0.302. The molecule has 0 spiro atoms. The minimum Gasteiger partial charge on any atom is -0.508 e. The summed E-state index contributed by atoms with van der Waals surface area (Å²) in [6.07, 6.45) is 15.3. The summed E-state index contributed by atoms with van der Waals surface area (Å²) in [7, 11) is 0. The van der Waals surface area contributed by atoms with Gasteiger partial charge in [0.1, 0.15) is 5.75 Å². The second kappa shape index (κ2) is 5.97. The molecule has 0 radical (unpaired) electrons. The molecule has 3 atom stereocenters. The molecule has 1 aromatic rings. The Morgan fingerprint density at radius 1 is 1.42 bits per heavy atom. The number of likely N-dealkylation sites (tertiary alicyclic amines) is 1. The predicted molar refractivity (Wildman–Crippen MR) is 98.0 cm³/mol. The van der Waals surface area contributed by atoms with Crippen LogP contribution >= 0.6 is 0 Å². The molecule has 0 unspecified atom stereocenters. The summed E-state index contributed by atoms with van der Waals surface area (Å²) in [5.74, 6) is 3.91. The fraction of sp³-hybridized carbons (Fsp3) is 0.545. The summed E-state index contributed by atoms with van der Waals surface area (Å²) in [5, 5.41) is 10.1. The number of piperidine rings is 1. The van der Waals surface area contributed by atoms with Crippen LogP contribution in [0.5, 0.6) is 5.75 Å². The van der Waals surface area contributed by atoms with Crippen LogP contribution in [0.15, 0.2) is 29.8 Å². The standard InChI is InChI=1S/C22H27NO/c1-3-16(2)9-12-23-13-11-22-10-5-4-6-19(22)21(23)14-17-7-8-18(24)15-20(17)22/h1,7-9,15,19,21,24H,4-6,10-14H2,2H3/b16-9+/t19-,21-,22+/m0/s1. The van der Waals surface area contributed by atoms with Gasteiger partial charge in [-0.3, -0.25) is 4.90 Å². The van der Waals surface area contributed by atoms with Gasteiger partial charge in [-0.05, 0) is 73.9 Å². The Bertz CT molecular complexity index is 713. The number of terminal acetylenes is 1. The Hall–Kier alpha value is -1.72. The van der Waals surface area contributed by atoms with Gasteiger partial charge in [-0.15, -0.1) is 6.42 Å². The quantitative estimate of drug-likeness (QED) is 0.831. The molecule has 2 fully saturated rings. The maximum absolute atomic E-state index is 10.1. The number of phenolic OH excluding ortho intramolecular Hbond substituents is 1. The fourth-order valence-electron chi connectivity index (χ4n) is 5.61. The third-order valence-electron chi connectivity index (χ3n) is 6.79. The van der Waals surface area contributed by atoms with E-state index in [4.69, 9.17) is 6.42 Å². The van der Waals surface area contributed by atoms with Crippen molar-refractivity contribution < 1.29 is 5.11 Å². The van der Waals surface area contributed by atoms with E-state index in [2.05, 4.69) is 29.0 Å². The van der Waals surface area contributed by atoms with Gasteiger partial charge in [-0.1, -0.05) is 30.9 Å². The van der Waals surface area contributed by atoms with Gasteiger partial charge in [0.05, 0.1) is 0 Å². The molecule has 1 heterocycles. The number of rotatable bonds is 2. The number of allylic oxidation sites excluding steroid dienone is 1. The molecule has 2 nitrogen and oxygen atoms in total. The molecule has 1 saturated carbocycles. The SMILES string of the molecule is C#C/C(C)=C/CN1CC[C@]23CCCC[C@H]2[C@@H]1Cc1ccc(O)cc13. The van der Waals surface area contributed by atoms with Crippen molar-refractivity contribution in [1.82, 2.24) is 4.90 Å². The van der Waals surface area contributed by atoms with Crippen LogP contribution in [0, 0.1) is 18.3 Å². The highest BCUT2D eigenvalue weighted by Crippen LogP contribution is 2.56. The monoisotopic (exact) mass is 321 g/mol. The third kappa shape index (κ3) is 2.38. The highest BCUT2D eigenvalue weighted by Gasteiger charge is 2.53. The highest BCUT2D eigenvalue weighted by atomic mass is 16.3. The van der Waals surface area contributed by atoms with Crippen LogP contribution in [0.25, 0.3) is 0 Å². The molecular weight excluding hydrogens is 294 g/mol. The number of nitrogens with zero attached hydrogens (tertiary/aromatic N) is 1. The van der Waals surface area contributed by atoms with Crippen LogP contribution in [0.2, 0.25) is 0 Å². The number of aromatic hydroxyl groups is 1. The predicted octanol–water partition coefficient (Wildman–Crippen LogP) is 4.03. The van der Waals surface area contributed by atoms with Crippen LogP contribution in [0.1, 0.15) is 50.2 Å². The topological polar surface area (TPSA) is 23.5 Å². The summed E-state index contributed by atoms with van der Waals surface area (Å²) in [6.45, 7) is 4.14. The first-order valence-electron chi connectivity index (χ1n) is 9.34. The van der Waals surface area contributed by atoms with E-state index in [1.807, 2.05) is 13.0 Å². The second-order valence-corrected chi connectivity index (χ2v) is 7.90. The normalized spacial score (nSPS) is 32.6. The first-order valence-corrected chi connectivity index (χ1v) is 9.34. The van der Waals surface area contributed by atoms with Crippen molar-refractivity contribution in [1.29, 1.82) is 0 Å². The molecule has 2 aliphatic carbocycles. The van der Waals surface area contributed by atoms with E-state index < -0.39 is 0 Å². The Kier molecular flexibility index (Phi) is 3.93. The molecule has 1 N–H and O–H groups in total. The molecule has 1 aromatic carbocycles. The van der Waals surface area contributed by atoms with Crippen molar-refractivity contribution in [2.45, 2.75) is 56.9 Å². The Labute approximate surface area is 145 Å². The van der Waals surface area contributed by atoms with Crippen molar-refractivity contribution in [3.05, 3.63) is 41.0 Å². The van der Waals surface area contributed by atoms with Crippen LogP contribution in [-0.4, -0.2) is 29.1 Å². The van der Waals surface area contributed by atoms with E-state index >= 15 is 0 Å². The van der Waals surface area contributed by atoms with E-state index in [-0.39, 0.29) is 0 Å². The van der Waals surface area contributed by atoms with Gasteiger partial charge >= 0.3 is 0 Å². The molecule has 2 heteroatoms. The summed E-state index contributed by atoms with van der Waals surface area (Å²) >= 11 is 0. The first kappa shape index (κ1) is 15.8. The zero-order chi connectivity index (χ0) is 16.7. The smallest absolute Gasteiger partial charge is 0.115 e. The van der Waals surface area contributed by atoms with Crippen molar-refractivity contribution in [2.75, 3.05) is 13.1 Å². The molecule has 1 aliphatic heterocycles. The molecule has 0 aromatic heterocycles. The number of hydrogen-bond acceptors (Lipinski definition) is 2. The first-order chi connectivity index (χ1) is 11.6. The Morgan fingerprint density at radius 2 is 2.29 bits per heavy atom. The van der Waals surface area contributed by atoms with Crippen molar-refractivity contribution in [2.24, 2.45) is 5.92 Å². The van der Waals surface area contributed by atoms with Gasteiger partial charge in [-0.25, -0.2) is 0 Å². The lowest BCUT2D eigenvalue weighted by atomic mass is 9.52. The van der Waals surface area contributed by atoms with E-state index in [0.717, 1.165) is 31.0 Å². The lowest BCUT2D eigenvalue weighted by molar-refractivity contribution is -0.00526. The van der Waals surface area contributed by atoms with Gasteiger partial charge < -0.3 is 5.11 Å². The summed E-state index contributed by atoms with van der Waals surface area (Å²) in [5.41, 5.74) is 4.25. The van der Waals surface area contributed by atoms with Crippen molar-refractivity contribution in [3.63, 3.8) is 0 Å². The maximum Gasteiger partial charge on any atom is 0.115 e. The van der Waals surface area contributed by atoms with Crippen LogP contribution < -0.4 is 0 Å². The van der Waals surface area contributed by atoms with Gasteiger partial charge in [0.2, 0.25) is 0 Å². The van der Waals surface area contributed by atoms with E-state index in [0.29, 0.717) is 17.2 Å². The Morgan fingerprint density at radius 3 is 3.12 bits per heavy atom. The molecule has 2 bridgehead atoms. The molecule has 1 saturated heterocycles. The van der Waals surface area contributed by atoms with Crippen LogP contribution in [-0.2, 0) is 11.8 Å². The average molecular weight is 321 g/mol. The molecule has 0 amide bonds. The molecule has 3 aliphatic rings. The maximum atomic E-state index is 10.1. The van der Waals surface area contributed by atoms with E-state index in [1.165, 1.54) is 43.2 Å². The lowest BCUT2D eigenvalue weighted by Crippen LogP contribution is -2.60. The number of hydrogen-bond donors (Lipinski definition) is 1. The van der Waals surface area contributed by atoms with Gasteiger partial charge in [0.25, 0.3) is 0 Å². The van der Waals surface area contributed by atoms with Gasteiger partial charge in [-0.2, -0.15) is 0 Å². The second-order valence-electron chi connectivity index (χ2n) is 7.90. The molecule has 24 heavy (non-hydrogen) atoms. The van der Waals surface area contributed by atoms with E-state index in [1.54, 1.807) is 0 Å². The van der Waals surface area contributed by atoms with Gasteiger partial charge in [0, 0.05) is 18.0 Å². The Balaban J connectivity index is 1.72. The van der Waals surface area contributed by atoms with Crippen molar-refractivity contribution >= 4 is 0 Å². The van der Waals surface area contributed by atoms with Crippen LogP contribution in [0.4, 0.5) is 0 Å². The highest BCUT2D eigenvalue weighted by molar-refractivity contribution is 5.45. The third-order valence-corrected chi connectivity index (χ3v) is 6.79. The number of phenols is 1. The van der Waals surface area contributed by atoms with Gasteiger partial charge in [0.15, 0.2) is 0 Å². The fourth-order valence-corrected chi connectivity index (χ4v) is 5.61. The molecular formula is C22H27NO. The van der Waals surface area contributed by atoms with Crippen LogP contribution in [0.3, 0.4) is 0 Å². The summed E-state index contributed by atoms with van der Waals surface area (Å²) in [4.78, 5) is 2.66. The largest absolute Gasteiger partial charge is 0.508 e.